The lowest BCUT2D eigenvalue weighted by Gasteiger charge is -2.56. The van der Waals surface area contributed by atoms with E-state index in [1.54, 1.807) is 18.2 Å². The molecular weight excluding hydrogens is 458 g/mol. The molecule has 182 valence electrons. The van der Waals surface area contributed by atoms with E-state index in [1.807, 2.05) is 18.2 Å². The molecule has 7 rings (SSSR count). The Labute approximate surface area is 210 Å². The van der Waals surface area contributed by atoms with Crippen molar-refractivity contribution in [2.45, 2.75) is 58.3 Å². The van der Waals surface area contributed by atoms with E-state index in [9.17, 15) is 9.90 Å². The van der Waals surface area contributed by atoms with Crippen molar-refractivity contribution in [3.05, 3.63) is 42.0 Å². The van der Waals surface area contributed by atoms with Crippen LogP contribution in [0, 0.1) is 23.2 Å². The molecule has 1 heterocycles. The number of benzene rings is 2. The number of hydrogen-bond donors (Lipinski definition) is 3. The summed E-state index contributed by atoms with van der Waals surface area (Å²) in [6.45, 7) is 2.09. The van der Waals surface area contributed by atoms with Gasteiger partial charge in [0.1, 0.15) is 11.3 Å². The fourth-order valence-electron chi connectivity index (χ4n) is 7.28. The second-order valence-corrected chi connectivity index (χ2v) is 11.4. The van der Waals surface area contributed by atoms with Crippen LogP contribution in [0.15, 0.2) is 40.8 Å². The number of anilines is 1. The maximum Gasteiger partial charge on any atom is 0.231 e. The third-order valence-electron chi connectivity index (χ3n) is 8.30. The Morgan fingerprint density at radius 1 is 1.11 bits per heavy atom. The number of phenolic OH excluding ortho intramolecular Hbond substituents is 1. The Balaban J connectivity index is 1.10. The predicted octanol–water partition coefficient (Wildman–Crippen LogP) is 6.18. The Hall–Kier alpha value is -2.93. The molecule has 1 amide bonds. The molecule has 6 nitrogen and oxygen atoms in total. The van der Waals surface area contributed by atoms with E-state index >= 15 is 0 Å². The van der Waals surface area contributed by atoms with Gasteiger partial charge in [-0.05, 0) is 110 Å². The van der Waals surface area contributed by atoms with Crippen molar-refractivity contribution in [3.8, 4) is 17.2 Å². The summed E-state index contributed by atoms with van der Waals surface area (Å²) >= 11 is 5.40. The number of nitrogens with one attached hydrogen (secondary N) is 2. The number of amides is 1. The molecule has 4 saturated carbocycles. The molecule has 2 aromatic carbocycles. The quantitative estimate of drug-likeness (QED) is 0.371. The van der Waals surface area contributed by atoms with Gasteiger partial charge in [-0.1, -0.05) is 13.0 Å². The highest BCUT2D eigenvalue weighted by atomic mass is 32.1. The van der Waals surface area contributed by atoms with E-state index in [0.717, 1.165) is 29.7 Å². The number of carbonyl (C=O) groups excluding carboxylic acids is 1. The number of aromatic hydroxyl groups is 1. The number of nitrogens with zero attached hydrogens (tertiary/aromatic N) is 1. The number of aryl methyl sites for hydroxylation is 1. The molecule has 0 aliphatic heterocycles. The summed E-state index contributed by atoms with van der Waals surface area (Å²) in [5, 5.41) is 16.8. The average Bonchev–Trinajstić information content (AvgIpc) is 3.20. The zero-order valence-corrected chi connectivity index (χ0v) is 20.8. The van der Waals surface area contributed by atoms with Crippen molar-refractivity contribution < 1.29 is 14.3 Å². The Kier molecular flexibility index (Phi) is 5.55. The predicted molar refractivity (Wildman–Crippen MR) is 140 cm³/mol. The first-order chi connectivity index (χ1) is 16.9. The lowest BCUT2D eigenvalue weighted by Crippen LogP contribution is -2.48. The molecule has 35 heavy (non-hydrogen) atoms. The minimum absolute atomic E-state index is 0.0109. The first kappa shape index (κ1) is 22.5. The first-order valence-electron chi connectivity index (χ1n) is 12.7. The van der Waals surface area contributed by atoms with Crippen LogP contribution in [0.4, 0.5) is 5.69 Å². The van der Waals surface area contributed by atoms with Crippen molar-refractivity contribution in [3.63, 3.8) is 0 Å². The standard InChI is InChI=1S/C28H31N3O3S/c1-2-16-3-6-24-22(10-16)30-26(34-24)21-5-4-20(11-23(21)32)29-27(35)31-25(33)15-28-12-17-7-18(13-28)9-19(8-17)14-28/h3-6,10-11,17-19,32H,2,7-9,12-15H2,1H3,(H2,29,31,33,35). The fraction of sp³-hybridized carbons (Fsp3) is 0.464. The summed E-state index contributed by atoms with van der Waals surface area (Å²) in [6, 6.07) is 11.0. The highest BCUT2D eigenvalue weighted by Crippen LogP contribution is 2.61. The molecule has 1 aromatic heterocycles. The molecule has 0 unspecified atom stereocenters. The SMILES string of the molecule is CCc1ccc2oc(-c3ccc(NC(=S)NC(=O)CC45CC6CC(CC(C6)C4)C5)cc3O)nc2c1. The summed E-state index contributed by atoms with van der Waals surface area (Å²) in [6.07, 6.45) is 9.15. The maximum atomic E-state index is 12.9. The van der Waals surface area contributed by atoms with Crippen molar-refractivity contribution in [2.24, 2.45) is 23.2 Å². The van der Waals surface area contributed by atoms with E-state index in [-0.39, 0.29) is 22.2 Å². The number of thiocarbonyl (C=S) groups is 1. The number of aromatic nitrogens is 1. The molecular formula is C28H31N3O3S. The van der Waals surface area contributed by atoms with E-state index in [4.69, 9.17) is 16.6 Å². The van der Waals surface area contributed by atoms with Gasteiger partial charge in [-0.15, -0.1) is 0 Å². The number of hydrogen-bond acceptors (Lipinski definition) is 5. The molecule has 4 aliphatic carbocycles. The van der Waals surface area contributed by atoms with Gasteiger partial charge in [-0.2, -0.15) is 0 Å². The average molecular weight is 490 g/mol. The van der Waals surface area contributed by atoms with E-state index in [0.29, 0.717) is 29.1 Å². The summed E-state index contributed by atoms with van der Waals surface area (Å²) < 4.78 is 5.85. The molecule has 4 aliphatic rings. The van der Waals surface area contributed by atoms with Gasteiger partial charge in [-0.3, -0.25) is 4.79 Å². The van der Waals surface area contributed by atoms with Crippen molar-refractivity contribution in [2.75, 3.05) is 5.32 Å². The van der Waals surface area contributed by atoms with Crippen molar-refractivity contribution in [1.29, 1.82) is 0 Å². The number of fused-ring (bicyclic) bond motifs is 1. The number of carbonyl (C=O) groups is 1. The number of phenols is 1. The highest BCUT2D eigenvalue weighted by Gasteiger charge is 2.51. The van der Waals surface area contributed by atoms with Crippen molar-refractivity contribution in [1.82, 2.24) is 10.3 Å². The van der Waals surface area contributed by atoms with Gasteiger partial charge in [-0.25, -0.2) is 4.98 Å². The van der Waals surface area contributed by atoms with Crippen LogP contribution in [0.2, 0.25) is 0 Å². The Morgan fingerprint density at radius 2 is 1.83 bits per heavy atom. The smallest absolute Gasteiger partial charge is 0.231 e. The molecule has 3 aromatic rings. The third-order valence-corrected chi connectivity index (χ3v) is 8.50. The second-order valence-electron chi connectivity index (χ2n) is 11.0. The lowest BCUT2D eigenvalue weighted by molar-refractivity contribution is -0.127. The molecule has 4 fully saturated rings. The second kappa shape index (κ2) is 8.63. The minimum atomic E-state index is -0.0109. The fourth-order valence-corrected chi connectivity index (χ4v) is 7.51. The largest absolute Gasteiger partial charge is 0.507 e. The summed E-state index contributed by atoms with van der Waals surface area (Å²) in [5.41, 5.74) is 3.90. The highest BCUT2D eigenvalue weighted by molar-refractivity contribution is 7.80. The molecule has 4 bridgehead atoms. The van der Waals surface area contributed by atoms with Gasteiger partial charge in [0.2, 0.25) is 11.8 Å². The summed E-state index contributed by atoms with van der Waals surface area (Å²) in [5.74, 6) is 2.83. The van der Waals surface area contributed by atoms with E-state index < -0.39 is 0 Å². The van der Waals surface area contributed by atoms with Gasteiger partial charge in [0.25, 0.3) is 0 Å². The Bertz CT molecular complexity index is 1280. The van der Waals surface area contributed by atoms with Crippen molar-refractivity contribution >= 4 is 40.0 Å². The molecule has 3 N–H and O–H groups in total. The number of rotatable bonds is 5. The van der Waals surface area contributed by atoms with Crippen LogP contribution in [-0.4, -0.2) is 21.1 Å². The van der Waals surface area contributed by atoms with Gasteiger partial charge < -0.3 is 20.2 Å². The zero-order chi connectivity index (χ0) is 24.2. The monoisotopic (exact) mass is 489 g/mol. The van der Waals surface area contributed by atoms with Crippen LogP contribution < -0.4 is 10.6 Å². The van der Waals surface area contributed by atoms with Gasteiger partial charge in [0, 0.05) is 18.2 Å². The van der Waals surface area contributed by atoms with Crippen LogP contribution in [0.5, 0.6) is 5.75 Å². The van der Waals surface area contributed by atoms with Crippen LogP contribution in [-0.2, 0) is 11.2 Å². The molecule has 0 atom stereocenters. The van der Waals surface area contributed by atoms with E-state index in [1.165, 1.54) is 44.1 Å². The van der Waals surface area contributed by atoms with Crippen LogP contribution in [0.1, 0.15) is 57.4 Å². The maximum absolute atomic E-state index is 12.9. The molecule has 7 heteroatoms. The minimum Gasteiger partial charge on any atom is -0.507 e. The van der Waals surface area contributed by atoms with Crippen LogP contribution >= 0.6 is 12.2 Å². The topological polar surface area (TPSA) is 87.4 Å². The van der Waals surface area contributed by atoms with E-state index in [2.05, 4.69) is 22.5 Å². The van der Waals surface area contributed by atoms with Gasteiger partial charge >= 0.3 is 0 Å². The zero-order valence-electron chi connectivity index (χ0n) is 20.0. The normalized spacial score (nSPS) is 26.7. The third kappa shape index (κ3) is 4.42. The van der Waals surface area contributed by atoms with Gasteiger partial charge in [0.05, 0.1) is 5.56 Å². The van der Waals surface area contributed by atoms with Crippen LogP contribution in [0.25, 0.3) is 22.6 Å². The molecule has 0 radical (unpaired) electrons. The van der Waals surface area contributed by atoms with Crippen LogP contribution in [0.3, 0.4) is 0 Å². The number of oxazole rings is 1. The molecule has 0 saturated heterocycles. The summed E-state index contributed by atoms with van der Waals surface area (Å²) in [4.78, 5) is 17.4. The lowest BCUT2D eigenvalue weighted by atomic mass is 9.49. The first-order valence-corrected chi connectivity index (χ1v) is 13.1. The molecule has 0 spiro atoms. The summed E-state index contributed by atoms with van der Waals surface area (Å²) in [7, 11) is 0. The van der Waals surface area contributed by atoms with Gasteiger partial charge in [0.15, 0.2) is 10.7 Å². The Morgan fingerprint density at radius 3 is 2.49 bits per heavy atom.